The maximum Gasteiger partial charge on any atom is 0.262 e. The van der Waals surface area contributed by atoms with Crippen LogP contribution in [0.3, 0.4) is 0 Å². The summed E-state index contributed by atoms with van der Waals surface area (Å²) in [4.78, 5) is 11.5. The van der Waals surface area contributed by atoms with Crippen molar-refractivity contribution in [1.82, 2.24) is 14.9 Å². The van der Waals surface area contributed by atoms with Gasteiger partial charge < -0.3 is 15.8 Å². The van der Waals surface area contributed by atoms with Crippen molar-refractivity contribution < 1.29 is 15.3 Å². The van der Waals surface area contributed by atoms with Crippen LogP contribution in [0.1, 0.15) is 31.3 Å². The lowest BCUT2D eigenvalue weighted by molar-refractivity contribution is -0.440. The van der Waals surface area contributed by atoms with Crippen LogP contribution >= 0.6 is 11.8 Å². The summed E-state index contributed by atoms with van der Waals surface area (Å²) in [6.07, 6.45) is 0. The number of aromatic nitrogens is 3. The molecule has 8 nitrogen and oxygen atoms in total. The summed E-state index contributed by atoms with van der Waals surface area (Å²) in [5.74, 6) is 1.68. The number of rotatable bonds is 3. The lowest BCUT2D eigenvalue weighted by atomic mass is 10.1. The topological polar surface area (TPSA) is 109 Å². The number of ether oxygens (including phenoxy) is 1. The van der Waals surface area contributed by atoms with E-state index in [0.29, 0.717) is 17.4 Å². The highest BCUT2D eigenvalue weighted by Crippen LogP contribution is 2.34. The SMILES string of the molecule is CC(C)[C@H]([NH3+])c1nnc2n1NC(c1ccc3c(c1)NC(=O)CO3)=CS2. The molecule has 2 aliphatic heterocycles. The monoisotopic (exact) mass is 359 g/mol. The number of carbonyl (C=O) groups excluding carboxylic acids is 1. The fourth-order valence-corrected chi connectivity index (χ4v) is 3.39. The van der Waals surface area contributed by atoms with Crippen LogP contribution in [0.4, 0.5) is 5.69 Å². The molecule has 5 N–H and O–H groups in total. The number of hydrogen-bond donors (Lipinski definition) is 3. The van der Waals surface area contributed by atoms with Crippen molar-refractivity contribution in [3.8, 4) is 5.75 Å². The Hall–Kier alpha value is -2.52. The fourth-order valence-electron chi connectivity index (χ4n) is 2.64. The minimum atomic E-state index is -0.148. The minimum absolute atomic E-state index is 0.0323. The second kappa shape index (κ2) is 6.08. The van der Waals surface area contributed by atoms with E-state index in [9.17, 15) is 4.79 Å². The average Bonchev–Trinajstić information content (AvgIpc) is 3.03. The molecule has 0 spiro atoms. The first-order chi connectivity index (χ1) is 12.0. The molecular weight excluding hydrogens is 340 g/mol. The lowest BCUT2D eigenvalue weighted by Gasteiger charge is -2.23. The summed E-state index contributed by atoms with van der Waals surface area (Å²) in [5, 5.41) is 14.1. The Balaban J connectivity index is 1.64. The van der Waals surface area contributed by atoms with E-state index >= 15 is 0 Å². The maximum atomic E-state index is 11.5. The molecule has 1 atom stereocenters. The summed E-state index contributed by atoms with van der Waals surface area (Å²) in [7, 11) is 0. The predicted molar refractivity (Wildman–Crippen MR) is 94.3 cm³/mol. The van der Waals surface area contributed by atoms with Gasteiger partial charge in [-0.15, -0.1) is 10.2 Å². The van der Waals surface area contributed by atoms with Crippen molar-refractivity contribution in [2.45, 2.75) is 25.0 Å². The highest BCUT2D eigenvalue weighted by atomic mass is 32.2. The van der Waals surface area contributed by atoms with Gasteiger partial charge in [0.15, 0.2) is 6.61 Å². The molecule has 4 rings (SSSR count). The zero-order valence-corrected chi connectivity index (χ0v) is 14.8. The quantitative estimate of drug-likeness (QED) is 0.760. The third-order valence-electron chi connectivity index (χ3n) is 4.23. The summed E-state index contributed by atoms with van der Waals surface area (Å²) in [5.41, 5.74) is 10.1. The van der Waals surface area contributed by atoms with Crippen LogP contribution in [0.2, 0.25) is 0 Å². The molecular formula is C16H19N6O2S+. The molecule has 9 heteroatoms. The van der Waals surface area contributed by atoms with Gasteiger partial charge in [-0.1, -0.05) is 25.6 Å². The standard InChI is InChI=1S/C16H18N6O2S/c1-8(2)14(17)15-19-20-16-22(15)21-11(7-25-16)9-3-4-12-10(5-9)18-13(23)6-24-12/h3-5,7-8,14,21H,6,17H2,1-2H3,(H,18,23)/p+1/t14-/m0/s1. The van der Waals surface area contributed by atoms with E-state index in [1.165, 1.54) is 11.8 Å². The smallest absolute Gasteiger partial charge is 0.262 e. The van der Waals surface area contributed by atoms with Gasteiger partial charge in [-0.3, -0.25) is 10.2 Å². The summed E-state index contributed by atoms with van der Waals surface area (Å²) in [6.45, 7) is 4.27. The minimum Gasteiger partial charge on any atom is -0.482 e. The van der Waals surface area contributed by atoms with Crippen molar-refractivity contribution in [3.05, 3.63) is 35.0 Å². The Labute approximate surface area is 148 Å². The van der Waals surface area contributed by atoms with Crippen molar-refractivity contribution >= 4 is 29.1 Å². The number of benzene rings is 1. The Morgan fingerprint density at radius 1 is 1.36 bits per heavy atom. The fraction of sp³-hybridized carbons (Fsp3) is 0.312. The summed E-state index contributed by atoms with van der Waals surface area (Å²) in [6, 6.07) is 5.74. The van der Waals surface area contributed by atoms with Crippen molar-refractivity contribution in [3.63, 3.8) is 0 Å². The van der Waals surface area contributed by atoms with Gasteiger partial charge in [0.2, 0.25) is 11.0 Å². The molecule has 0 saturated carbocycles. The summed E-state index contributed by atoms with van der Waals surface area (Å²) < 4.78 is 7.29. The van der Waals surface area contributed by atoms with Gasteiger partial charge in [0, 0.05) is 16.9 Å². The first-order valence-electron chi connectivity index (χ1n) is 8.02. The molecule has 3 heterocycles. The number of nitrogens with one attached hydrogen (secondary N) is 2. The predicted octanol–water partition coefficient (Wildman–Crippen LogP) is 1.20. The number of anilines is 1. The van der Waals surface area contributed by atoms with E-state index in [-0.39, 0.29) is 18.6 Å². The van der Waals surface area contributed by atoms with Crippen LogP contribution in [0.15, 0.2) is 28.8 Å². The van der Waals surface area contributed by atoms with Crippen LogP contribution in [0.5, 0.6) is 5.75 Å². The number of fused-ring (bicyclic) bond motifs is 2. The number of thioether (sulfide) groups is 1. The van der Waals surface area contributed by atoms with Crippen LogP contribution < -0.4 is 21.2 Å². The normalized spacial score (nSPS) is 17.0. The lowest BCUT2D eigenvalue weighted by Crippen LogP contribution is -2.57. The molecule has 0 aliphatic carbocycles. The number of hydrogen-bond acceptors (Lipinski definition) is 6. The van der Waals surface area contributed by atoms with Crippen LogP contribution in [0.25, 0.3) is 5.70 Å². The van der Waals surface area contributed by atoms with E-state index < -0.39 is 0 Å². The van der Waals surface area contributed by atoms with Crippen LogP contribution in [-0.4, -0.2) is 27.4 Å². The summed E-state index contributed by atoms with van der Waals surface area (Å²) >= 11 is 1.50. The maximum absolute atomic E-state index is 11.5. The van der Waals surface area contributed by atoms with Gasteiger partial charge in [0.05, 0.1) is 11.4 Å². The molecule has 1 aromatic heterocycles. The molecule has 25 heavy (non-hydrogen) atoms. The second-order valence-corrected chi connectivity index (χ2v) is 7.17. The second-order valence-electron chi connectivity index (χ2n) is 6.34. The number of amides is 1. The zero-order valence-electron chi connectivity index (χ0n) is 13.9. The van der Waals surface area contributed by atoms with E-state index in [1.807, 2.05) is 28.3 Å². The molecule has 2 aliphatic rings. The van der Waals surface area contributed by atoms with Gasteiger partial charge in [0.25, 0.3) is 5.91 Å². The van der Waals surface area contributed by atoms with Gasteiger partial charge in [0.1, 0.15) is 11.8 Å². The Bertz CT molecular complexity index is 876. The van der Waals surface area contributed by atoms with Crippen LogP contribution in [0, 0.1) is 5.92 Å². The Morgan fingerprint density at radius 3 is 3.00 bits per heavy atom. The van der Waals surface area contributed by atoms with Crippen LogP contribution in [-0.2, 0) is 4.79 Å². The molecule has 1 aromatic carbocycles. The third kappa shape index (κ3) is 2.85. The first-order valence-corrected chi connectivity index (χ1v) is 8.90. The molecule has 2 aromatic rings. The highest BCUT2D eigenvalue weighted by Gasteiger charge is 2.27. The number of quaternary nitrogens is 1. The molecule has 0 unspecified atom stereocenters. The average molecular weight is 359 g/mol. The number of carbonyl (C=O) groups is 1. The van der Waals surface area contributed by atoms with Crippen molar-refractivity contribution in [2.75, 3.05) is 17.3 Å². The molecule has 1 amide bonds. The molecule has 0 fully saturated rings. The largest absolute Gasteiger partial charge is 0.482 e. The molecule has 130 valence electrons. The van der Waals surface area contributed by atoms with Crippen molar-refractivity contribution in [1.29, 1.82) is 0 Å². The third-order valence-corrected chi connectivity index (χ3v) is 5.06. The van der Waals surface area contributed by atoms with E-state index in [4.69, 9.17) is 4.74 Å². The zero-order chi connectivity index (χ0) is 17.6. The highest BCUT2D eigenvalue weighted by molar-refractivity contribution is 8.02. The van der Waals surface area contributed by atoms with E-state index in [0.717, 1.165) is 22.2 Å². The molecule has 0 radical (unpaired) electrons. The van der Waals surface area contributed by atoms with Gasteiger partial charge in [-0.05, 0) is 18.2 Å². The first kappa shape index (κ1) is 16.0. The van der Waals surface area contributed by atoms with Gasteiger partial charge in [-0.2, -0.15) is 0 Å². The van der Waals surface area contributed by atoms with E-state index in [2.05, 4.69) is 40.5 Å². The van der Waals surface area contributed by atoms with Crippen molar-refractivity contribution in [2.24, 2.45) is 5.92 Å². The van der Waals surface area contributed by atoms with Gasteiger partial charge >= 0.3 is 0 Å². The van der Waals surface area contributed by atoms with E-state index in [1.54, 1.807) is 0 Å². The Morgan fingerprint density at radius 2 is 2.20 bits per heavy atom. The Kier molecular flexibility index (Phi) is 3.89. The number of nitrogens with zero attached hydrogens (tertiary/aromatic N) is 3. The molecule has 0 bridgehead atoms. The van der Waals surface area contributed by atoms with Gasteiger partial charge in [-0.25, -0.2) is 4.68 Å². The molecule has 0 saturated heterocycles.